The molecule has 0 spiro atoms. The summed E-state index contributed by atoms with van der Waals surface area (Å²) in [6.45, 7) is 0.528. The smallest absolute Gasteiger partial charge is 0.300 e. The summed E-state index contributed by atoms with van der Waals surface area (Å²) in [7, 11) is 4.36. The van der Waals surface area contributed by atoms with Crippen LogP contribution in [0.15, 0.2) is 60.2 Å². The Balaban J connectivity index is 1.75. The third kappa shape index (κ3) is 4.02. The Morgan fingerprint density at radius 3 is 2.27 bits per heavy atom. The summed E-state index contributed by atoms with van der Waals surface area (Å²) < 4.78 is 35.6. The maximum Gasteiger partial charge on any atom is 0.300 e. The average Bonchev–Trinajstić information content (AvgIpc) is 3.49. The largest absolute Gasteiger partial charge is 0.507 e. The van der Waals surface area contributed by atoms with E-state index in [1.54, 1.807) is 30.3 Å². The van der Waals surface area contributed by atoms with E-state index in [4.69, 9.17) is 18.9 Å². The molecule has 2 heterocycles. The highest BCUT2D eigenvalue weighted by atomic mass is 19.1. The fourth-order valence-corrected chi connectivity index (χ4v) is 4.76. The van der Waals surface area contributed by atoms with Crippen LogP contribution in [-0.4, -0.2) is 44.7 Å². The topological polar surface area (TPSA) is 94.5 Å². The van der Waals surface area contributed by atoms with Crippen LogP contribution in [0.3, 0.4) is 0 Å². The molecule has 5 rings (SSSR count). The first-order chi connectivity index (χ1) is 17.9. The number of hydrogen-bond donors (Lipinski definition) is 1. The van der Waals surface area contributed by atoms with Crippen molar-refractivity contribution in [1.82, 2.24) is 0 Å². The Bertz CT molecular complexity index is 1410. The van der Waals surface area contributed by atoms with E-state index >= 15 is 0 Å². The van der Waals surface area contributed by atoms with Gasteiger partial charge in [0.25, 0.3) is 11.7 Å². The number of benzene rings is 3. The van der Waals surface area contributed by atoms with Gasteiger partial charge in [0.2, 0.25) is 5.75 Å². The first kappa shape index (κ1) is 24.2. The molecule has 2 aliphatic rings. The number of rotatable bonds is 6. The summed E-state index contributed by atoms with van der Waals surface area (Å²) in [6.07, 6.45) is 0.663. The van der Waals surface area contributed by atoms with Crippen LogP contribution in [0.5, 0.6) is 23.0 Å². The van der Waals surface area contributed by atoms with Crippen molar-refractivity contribution in [3.63, 3.8) is 0 Å². The molecule has 9 heteroatoms. The number of aliphatic hydroxyl groups excluding tert-OH is 1. The van der Waals surface area contributed by atoms with Crippen molar-refractivity contribution in [2.75, 3.05) is 32.8 Å². The number of halogens is 1. The van der Waals surface area contributed by atoms with Gasteiger partial charge in [-0.25, -0.2) is 4.39 Å². The lowest BCUT2D eigenvalue weighted by Crippen LogP contribution is -2.29. The zero-order chi connectivity index (χ0) is 26.3. The summed E-state index contributed by atoms with van der Waals surface area (Å²) in [5, 5.41) is 11.4. The van der Waals surface area contributed by atoms with E-state index in [1.807, 2.05) is 0 Å². The molecule has 1 N–H and O–H groups in total. The van der Waals surface area contributed by atoms with E-state index in [-0.39, 0.29) is 17.0 Å². The van der Waals surface area contributed by atoms with Gasteiger partial charge in [0, 0.05) is 17.7 Å². The molecular formula is C28H24FNO7. The number of ketones is 1. The molecule has 0 radical (unpaired) electrons. The maximum atomic E-state index is 13.7. The Hall–Kier alpha value is -4.53. The zero-order valence-electron chi connectivity index (χ0n) is 20.4. The molecule has 2 aliphatic heterocycles. The Morgan fingerprint density at radius 2 is 1.65 bits per heavy atom. The van der Waals surface area contributed by atoms with Crippen LogP contribution >= 0.6 is 0 Å². The standard InChI is InChI=1S/C28H24FNO7/c1-34-21-13-17(14-22(35-2)27(21)36-3)24-23(25(31)16-4-9-20-15(12-16)10-11-37-20)26(32)28(33)30(24)19-7-5-18(29)6-8-19/h4-9,12-14,24,31H,10-11H2,1-3H3/b25-23+. The lowest BCUT2D eigenvalue weighted by Gasteiger charge is -2.26. The minimum absolute atomic E-state index is 0.123. The van der Waals surface area contributed by atoms with Gasteiger partial charge in [-0.3, -0.25) is 14.5 Å². The van der Waals surface area contributed by atoms with Crippen LogP contribution in [0.4, 0.5) is 10.1 Å². The van der Waals surface area contributed by atoms with Crippen LogP contribution in [0.25, 0.3) is 5.76 Å². The lowest BCUT2D eigenvalue weighted by atomic mass is 9.94. The third-order valence-corrected chi connectivity index (χ3v) is 6.51. The number of aliphatic hydroxyl groups is 1. The second-order valence-electron chi connectivity index (χ2n) is 8.53. The highest BCUT2D eigenvalue weighted by molar-refractivity contribution is 6.51. The normalized spacial score (nSPS) is 17.9. The van der Waals surface area contributed by atoms with Crippen LogP contribution in [0.2, 0.25) is 0 Å². The molecule has 1 atom stereocenters. The van der Waals surface area contributed by atoms with Gasteiger partial charge in [-0.2, -0.15) is 0 Å². The van der Waals surface area contributed by atoms with Crippen molar-refractivity contribution >= 4 is 23.1 Å². The van der Waals surface area contributed by atoms with Crippen molar-refractivity contribution in [1.29, 1.82) is 0 Å². The van der Waals surface area contributed by atoms with Gasteiger partial charge in [-0.15, -0.1) is 0 Å². The van der Waals surface area contributed by atoms with Gasteiger partial charge in [0.15, 0.2) is 11.5 Å². The van der Waals surface area contributed by atoms with Gasteiger partial charge >= 0.3 is 0 Å². The van der Waals surface area contributed by atoms with Crippen LogP contribution in [0, 0.1) is 5.82 Å². The van der Waals surface area contributed by atoms with Crippen molar-refractivity contribution in [3.8, 4) is 23.0 Å². The first-order valence-electron chi connectivity index (χ1n) is 11.5. The fourth-order valence-electron chi connectivity index (χ4n) is 4.76. The highest BCUT2D eigenvalue weighted by Crippen LogP contribution is 2.47. The van der Waals surface area contributed by atoms with E-state index in [2.05, 4.69) is 0 Å². The molecule has 0 aliphatic carbocycles. The van der Waals surface area contributed by atoms with E-state index in [1.165, 1.54) is 50.5 Å². The number of fused-ring (bicyclic) bond motifs is 1. The van der Waals surface area contributed by atoms with E-state index in [0.717, 1.165) is 5.56 Å². The molecule has 37 heavy (non-hydrogen) atoms. The number of amides is 1. The second-order valence-corrected chi connectivity index (χ2v) is 8.53. The lowest BCUT2D eigenvalue weighted by molar-refractivity contribution is -0.132. The molecular weight excluding hydrogens is 481 g/mol. The molecule has 3 aromatic rings. The van der Waals surface area contributed by atoms with Crippen molar-refractivity contribution in [2.45, 2.75) is 12.5 Å². The number of anilines is 1. The minimum Gasteiger partial charge on any atom is -0.507 e. The summed E-state index contributed by atoms with van der Waals surface area (Å²) >= 11 is 0. The number of carbonyl (C=O) groups excluding carboxylic acids is 2. The number of carbonyl (C=O) groups is 2. The molecule has 1 fully saturated rings. The molecule has 190 valence electrons. The average molecular weight is 505 g/mol. The fraction of sp³-hybridized carbons (Fsp3) is 0.214. The first-order valence-corrected chi connectivity index (χ1v) is 11.5. The van der Waals surface area contributed by atoms with Crippen LogP contribution in [-0.2, 0) is 16.0 Å². The summed E-state index contributed by atoms with van der Waals surface area (Å²) in [4.78, 5) is 28.0. The number of methoxy groups -OCH3 is 3. The Labute approximate surface area is 212 Å². The molecule has 0 bridgehead atoms. The second kappa shape index (κ2) is 9.50. The molecule has 8 nitrogen and oxygen atoms in total. The Morgan fingerprint density at radius 1 is 0.973 bits per heavy atom. The van der Waals surface area contributed by atoms with Crippen LogP contribution in [0.1, 0.15) is 22.7 Å². The third-order valence-electron chi connectivity index (χ3n) is 6.51. The van der Waals surface area contributed by atoms with Crippen LogP contribution < -0.4 is 23.8 Å². The summed E-state index contributed by atoms with van der Waals surface area (Å²) in [5.74, 6) is -0.932. The predicted octanol–water partition coefficient (Wildman–Crippen LogP) is 4.41. The molecule has 3 aromatic carbocycles. The van der Waals surface area contributed by atoms with Crippen molar-refractivity contribution in [3.05, 3.63) is 82.7 Å². The van der Waals surface area contributed by atoms with Gasteiger partial charge in [0.1, 0.15) is 17.3 Å². The number of Topliss-reactive ketones (excluding diaryl/α,β-unsaturated/α-hetero) is 1. The van der Waals surface area contributed by atoms with E-state index in [9.17, 15) is 19.1 Å². The van der Waals surface area contributed by atoms with Gasteiger partial charge in [0.05, 0.1) is 39.6 Å². The van der Waals surface area contributed by atoms with Crippen molar-refractivity contribution in [2.24, 2.45) is 0 Å². The maximum absolute atomic E-state index is 13.7. The van der Waals surface area contributed by atoms with Gasteiger partial charge in [-0.1, -0.05) is 0 Å². The summed E-state index contributed by atoms with van der Waals surface area (Å²) in [6, 6.07) is 12.5. The van der Waals surface area contributed by atoms with Gasteiger partial charge < -0.3 is 24.1 Å². The van der Waals surface area contributed by atoms with Gasteiger partial charge in [-0.05, 0) is 65.7 Å². The molecule has 0 saturated carbocycles. The predicted molar refractivity (Wildman–Crippen MR) is 133 cm³/mol. The molecule has 1 saturated heterocycles. The molecule has 1 unspecified atom stereocenters. The summed E-state index contributed by atoms with van der Waals surface area (Å²) in [5.41, 5.74) is 1.84. The quantitative estimate of drug-likeness (QED) is 0.301. The highest BCUT2D eigenvalue weighted by Gasteiger charge is 2.47. The Kier molecular flexibility index (Phi) is 6.20. The zero-order valence-corrected chi connectivity index (χ0v) is 20.4. The number of nitrogens with zero attached hydrogens (tertiary/aromatic N) is 1. The molecule has 0 aromatic heterocycles. The van der Waals surface area contributed by atoms with E-state index in [0.29, 0.717) is 47.2 Å². The van der Waals surface area contributed by atoms with E-state index < -0.39 is 23.5 Å². The monoisotopic (exact) mass is 505 g/mol. The minimum atomic E-state index is -1.07. The number of hydrogen-bond acceptors (Lipinski definition) is 7. The molecule has 1 amide bonds. The van der Waals surface area contributed by atoms with Crippen molar-refractivity contribution < 1.29 is 38.0 Å². The number of ether oxygens (including phenoxy) is 4. The SMILES string of the molecule is COc1cc(C2/C(=C(\O)c3ccc4c(c3)CCO4)C(=O)C(=O)N2c2ccc(F)cc2)cc(OC)c1OC.